The van der Waals surface area contributed by atoms with Gasteiger partial charge < -0.3 is 10.6 Å². The summed E-state index contributed by atoms with van der Waals surface area (Å²) in [5.74, 6) is 0.553. The van der Waals surface area contributed by atoms with Crippen LogP contribution in [0.25, 0.3) is 0 Å². The molecule has 0 aliphatic rings. The zero-order chi connectivity index (χ0) is 16.0. The van der Waals surface area contributed by atoms with Crippen molar-refractivity contribution in [3.63, 3.8) is 0 Å². The van der Waals surface area contributed by atoms with Gasteiger partial charge in [-0.05, 0) is 29.3 Å². The molecule has 2 aromatic heterocycles. The first-order valence-corrected chi connectivity index (χ1v) is 8.36. The lowest BCUT2D eigenvalue weighted by molar-refractivity contribution is -0.140. The van der Waals surface area contributed by atoms with Gasteiger partial charge in [-0.3, -0.25) is 0 Å². The SMILES string of the molecule is CCNC(=NCc1ccsc1)NCc1nc(C(F)(F)F)cs1. The first kappa shape index (κ1) is 16.8. The van der Waals surface area contributed by atoms with Crippen molar-refractivity contribution in [2.75, 3.05) is 6.54 Å². The Kier molecular flexibility index (Phi) is 5.78. The van der Waals surface area contributed by atoms with Gasteiger partial charge in [0.1, 0.15) is 5.01 Å². The number of hydrogen-bond acceptors (Lipinski definition) is 4. The van der Waals surface area contributed by atoms with E-state index in [-0.39, 0.29) is 6.54 Å². The Morgan fingerprint density at radius 1 is 1.32 bits per heavy atom. The van der Waals surface area contributed by atoms with E-state index in [0.717, 1.165) is 22.3 Å². The van der Waals surface area contributed by atoms with Crippen LogP contribution in [-0.2, 0) is 19.3 Å². The number of halogens is 3. The van der Waals surface area contributed by atoms with Crippen LogP contribution in [0.3, 0.4) is 0 Å². The molecule has 0 unspecified atom stereocenters. The first-order chi connectivity index (χ1) is 10.5. The lowest BCUT2D eigenvalue weighted by Crippen LogP contribution is -2.36. The predicted octanol–water partition coefficient (Wildman–Crippen LogP) is 3.48. The number of thiazole rings is 1. The number of hydrogen-bond donors (Lipinski definition) is 2. The van der Waals surface area contributed by atoms with Crippen LogP contribution in [0.1, 0.15) is 23.2 Å². The Labute approximate surface area is 134 Å². The summed E-state index contributed by atoms with van der Waals surface area (Å²) in [5.41, 5.74) is 0.241. The molecule has 2 heterocycles. The maximum atomic E-state index is 12.5. The van der Waals surface area contributed by atoms with Crippen molar-refractivity contribution < 1.29 is 13.2 Å². The van der Waals surface area contributed by atoms with E-state index in [9.17, 15) is 13.2 Å². The van der Waals surface area contributed by atoms with Gasteiger partial charge in [-0.15, -0.1) is 11.3 Å². The zero-order valence-corrected chi connectivity index (χ0v) is 13.4. The van der Waals surface area contributed by atoms with Gasteiger partial charge in [0.25, 0.3) is 0 Å². The number of aliphatic imine (C=N–C) groups is 1. The van der Waals surface area contributed by atoms with Crippen molar-refractivity contribution in [1.29, 1.82) is 0 Å². The van der Waals surface area contributed by atoms with Crippen LogP contribution in [0.5, 0.6) is 0 Å². The second-order valence-electron chi connectivity index (χ2n) is 4.30. The van der Waals surface area contributed by atoms with Crippen LogP contribution >= 0.6 is 22.7 Å². The monoisotopic (exact) mass is 348 g/mol. The van der Waals surface area contributed by atoms with Crippen LogP contribution in [0.2, 0.25) is 0 Å². The van der Waals surface area contributed by atoms with Gasteiger partial charge >= 0.3 is 6.18 Å². The average molecular weight is 348 g/mol. The molecular weight excluding hydrogens is 333 g/mol. The summed E-state index contributed by atoms with van der Waals surface area (Å²) in [5, 5.41) is 11.4. The van der Waals surface area contributed by atoms with Crippen molar-refractivity contribution in [2.45, 2.75) is 26.2 Å². The van der Waals surface area contributed by atoms with Crippen molar-refractivity contribution >= 4 is 28.6 Å². The summed E-state index contributed by atoms with van der Waals surface area (Å²) in [6, 6.07) is 1.98. The Morgan fingerprint density at radius 2 is 2.14 bits per heavy atom. The minimum Gasteiger partial charge on any atom is -0.357 e. The fraction of sp³-hybridized carbons (Fsp3) is 0.385. The number of aromatic nitrogens is 1. The molecule has 0 aromatic carbocycles. The minimum atomic E-state index is -4.40. The molecule has 4 nitrogen and oxygen atoms in total. The Hall–Kier alpha value is -1.61. The van der Waals surface area contributed by atoms with Gasteiger partial charge in [-0.25, -0.2) is 9.98 Å². The second-order valence-corrected chi connectivity index (χ2v) is 6.03. The van der Waals surface area contributed by atoms with E-state index in [1.165, 1.54) is 0 Å². The van der Waals surface area contributed by atoms with Crippen LogP contribution in [0.15, 0.2) is 27.2 Å². The molecule has 0 saturated heterocycles. The standard InChI is InChI=1S/C13H15F3N4S2/c1-2-17-12(18-5-9-3-4-21-7-9)19-6-11-20-10(8-22-11)13(14,15)16/h3-4,7-8H,2,5-6H2,1H3,(H2,17,18,19). The summed E-state index contributed by atoms with van der Waals surface area (Å²) in [4.78, 5) is 7.96. The van der Waals surface area contributed by atoms with Crippen LogP contribution in [0, 0.1) is 0 Å². The fourth-order valence-electron chi connectivity index (χ4n) is 1.58. The average Bonchev–Trinajstić information content (AvgIpc) is 3.12. The summed E-state index contributed by atoms with van der Waals surface area (Å²) in [6.07, 6.45) is -4.40. The number of nitrogens with zero attached hydrogens (tertiary/aromatic N) is 2. The van der Waals surface area contributed by atoms with Gasteiger partial charge in [0.05, 0.1) is 13.1 Å². The van der Waals surface area contributed by atoms with Crippen LogP contribution in [-0.4, -0.2) is 17.5 Å². The maximum Gasteiger partial charge on any atom is 0.434 e. The molecule has 0 aliphatic heterocycles. The van der Waals surface area contributed by atoms with Gasteiger partial charge in [0.2, 0.25) is 0 Å². The molecule has 0 saturated carbocycles. The number of alkyl halides is 3. The third-order valence-electron chi connectivity index (χ3n) is 2.59. The smallest absolute Gasteiger partial charge is 0.357 e. The normalized spacial score (nSPS) is 12.5. The predicted molar refractivity (Wildman–Crippen MR) is 83.1 cm³/mol. The summed E-state index contributed by atoms with van der Waals surface area (Å²) in [6.45, 7) is 3.31. The summed E-state index contributed by atoms with van der Waals surface area (Å²) in [7, 11) is 0. The number of nitrogens with one attached hydrogen (secondary N) is 2. The highest BCUT2D eigenvalue weighted by Crippen LogP contribution is 2.29. The van der Waals surface area contributed by atoms with Gasteiger partial charge in [-0.2, -0.15) is 24.5 Å². The Morgan fingerprint density at radius 3 is 2.73 bits per heavy atom. The topological polar surface area (TPSA) is 49.3 Å². The van der Waals surface area contributed by atoms with Gasteiger partial charge in [-0.1, -0.05) is 0 Å². The van der Waals surface area contributed by atoms with Crippen molar-refractivity contribution in [3.8, 4) is 0 Å². The molecule has 0 aliphatic carbocycles. The molecular formula is C13H15F3N4S2. The molecule has 0 spiro atoms. The highest BCUT2D eigenvalue weighted by molar-refractivity contribution is 7.09. The highest BCUT2D eigenvalue weighted by Gasteiger charge is 2.33. The third-order valence-corrected chi connectivity index (χ3v) is 4.17. The van der Waals surface area contributed by atoms with E-state index in [4.69, 9.17) is 0 Å². The molecule has 2 aromatic rings. The van der Waals surface area contributed by atoms with Gasteiger partial charge in [0, 0.05) is 11.9 Å². The number of guanidine groups is 1. The maximum absolute atomic E-state index is 12.5. The molecule has 22 heavy (non-hydrogen) atoms. The summed E-state index contributed by atoms with van der Waals surface area (Å²) >= 11 is 2.57. The third kappa shape index (κ3) is 4.99. The first-order valence-electron chi connectivity index (χ1n) is 6.54. The van der Waals surface area contributed by atoms with E-state index in [1.54, 1.807) is 11.3 Å². The largest absolute Gasteiger partial charge is 0.434 e. The highest BCUT2D eigenvalue weighted by atomic mass is 32.1. The second kappa shape index (κ2) is 7.59. The molecule has 2 rings (SSSR count). The number of rotatable bonds is 5. The molecule has 0 fully saturated rings. The van der Waals surface area contributed by atoms with Crippen LogP contribution in [0.4, 0.5) is 13.2 Å². The molecule has 120 valence electrons. The van der Waals surface area contributed by atoms with E-state index in [1.807, 2.05) is 23.8 Å². The molecule has 0 amide bonds. The van der Waals surface area contributed by atoms with E-state index in [2.05, 4.69) is 20.6 Å². The van der Waals surface area contributed by atoms with Crippen molar-refractivity contribution in [1.82, 2.24) is 15.6 Å². The van der Waals surface area contributed by atoms with E-state index >= 15 is 0 Å². The lowest BCUT2D eigenvalue weighted by atomic mass is 10.3. The number of thiophene rings is 1. The molecule has 2 N–H and O–H groups in total. The Bertz CT molecular complexity index is 605. The summed E-state index contributed by atoms with van der Waals surface area (Å²) < 4.78 is 37.5. The minimum absolute atomic E-state index is 0.205. The quantitative estimate of drug-likeness (QED) is 0.642. The fourth-order valence-corrected chi connectivity index (χ4v) is 2.98. The molecule has 0 bridgehead atoms. The Balaban J connectivity index is 1.93. The molecule has 0 radical (unpaired) electrons. The molecule has 0 atom stereocenters. The van der Waals surface area contributed by atoms with Gasteiger partial charge in [0.15, 0.2) is 11.7 Å². The van der Waals surface area contributed by atoms with E-state index < -0.39 is 11.9 Å². The van der Waals surface area contributed by atoms with Crippen LogP contribution < -0.4 is 10.6 Å². The lowest BCUT2D eigenvalue weighted by Gasteiger charge is -2.09. The molecule has 9 heteroatoms. The van der Waals surface area contributed by atoms with Crippen molar-refractivity contribution in [3.05, 3.63) is 38.5 Å². The van der Waals surface area contributed by atoms with Crippen molar-refractivity contribution in [2.24, 2.45) is 4.99 Å². The zero-order valence-electron chi connectivity index (χ0n) is 11.8. The van der Waals surface area contributed by atoms with E-state index in [0.29, 0.717) is 24.1 Å².